The van der Waals surface area contributed by atoms with Crippen LogP contribution in [-0.4, -0.2) is 42.1 Å². The van der Waals surface area contributed by atoms with Crippen molar-refractivity contribution in [2.75, 3.05) is 0 Å². The number of hydrogen-bond donors (Lipinski definition) is 6. The maximum absolute atomic E-state index is 11.5. The standard InChI is InChI=1S/C34H36N4O4/c1-7-21-17(3)25-13-26-19(5)23(9-11-33(39)40)31(37-26)16-32-24(10-12-34(41)42)20(6)28(38-32)15-30-22(8-2)18(4)27(36-30)14-29(21)35-25/h7-8,13-16,35-38H,1-2,9-12H2,3-6H3,(H,39,40)(H,41,42)/b25-13?,26-13?,27-14-,28-15?,29-14?,30-15?,31-16?,32-16?. The van der Waals surface area contributed by atoms with Crippen LogP contribution >= 0.6 is 0 Å². The highest BCUT2D eigenvalue weighted by Gasteiger charge is 2.17. The molecular weight excluding hydrogens is 528 g/mol. The lowest BCUT2D eigenvalue weighted by molar-refractivity contribution is -0.138. The van der Waals surface area contributed by atoms with E-state index in [4.69, 9.17) is 0 Å². The first kappa shape index (κ1) is 28.5. The van der Waals surface area contributed by atoms with Crippen LogP contribution in [0, 0.1) is 27.7 Å². The summed E-state index contributed by atoms with van der Waals surface area (Å²) in [7, 11) is 0. The quantitative estimate of drug-likeness (QED) is 0.172. The van der Waals surface area contributed by atoms with Gasteiger partial charge in [0.2, 0.25) is 0 Å². The van der Waals surface area contributed by atoms with Crippen molar-refractivity contribution in [3.63, 3.8) is 0 Å². The Morgan fingerprint density at radius 2 is 1.10 bits per heavy atom. The van der Waals surface area contributed by atoms with Gasteiger partial charge in [0.1, 0.15) is 0 Å². The zero-order chi connectivity index (χ0) is 30.3. The lowest BCUT2D eigenvalue weighted by Crippen LogP contribution is -2.14. The molecule has 8 nitrogen and oxygen atoms in total. The number of nitrogens with one attached hydrogen (secondary N) is 4. The summed E-state index contributed by atoms with van der Waals surface area (Å²) in [6.45, 7) is 16.2. The minimum Gasteiger partial charge on any atom is -0.481 e. The van der Waals surface area contributed by atoms with E-state index in [1.54, 1.807) is 0 Å². The molecule has 0 aliphatic carbocycles. The Labute approximate surface area is 243 Å². The van der Waals surface area contributed by atoms with Crippen molar-refractivity contribution < 1.29 is 19.8 Å². The van der Waals surface area contributed by atoms with Crippen LogP contribution in [0.2, 0.25) is 0 Å². The number of aliphatic carboxylic acids is 2. The Bertz CT molecular complexity index is 2020. The Kier molecular flexibility index (Phi) is 7.56. The molecule has 4 aromatic rings. The summed E-state index contributed by atoms with van der Waals surface area (Å²) < 4.78 is 0. The third-order valence-electron chi connectivity index (χ3n) is 8.38. The second kappa shape index (κ2) is 11.1. The topological polar surface area (TPSA) is 138 Å². The second-order valence-corrected chi connectivity index (χ2v) is 10.9. The van der Waals surface area contributed by atoms with E-state index in [0.29, 0.717) is 12.8 Å². The zero-order valence-corrected chi connectivity index (χ0v) is 24.4. The molecule has 0 fully saturated rings. The van der Waals surface area contributed by atoms with Gasteiger partial charge in [-0.25, -0.2) is 0 Å². The molecule has 0 aromatic carbocycles. The first-order chi connectivity index (χ1) is 20.0. The summed E-state index contributed by atoms with van der Waals surface area (Å²) in [4.78, 5) is 37.3. The van der Waals surface area contributed by atoms with Crippen molar-refractivity contribution >= 4 is 48.4 Å². The molecule has 5 rings (SSSR count). The third-order valence-corrected chi connectivity index (χ3v) is 8.38. The smallest absolute Gasteiger partial charge is 0.303 e. The van der Waals surface area contributed by atoms with Gasteiger partial charge in [0.05, 0.1) is 0 Å². The van der Waals surface area contributed by atoms with E-state index < -0.39 is 11.9 Å². The van der Waals surface area contributed by atoms with Gasteiger partial charge in [0.25, 0.3) is 0 Å². The molecule has 8 bridgehead atoms. The highest BCUT2D eigenvalue weighted by atomic mass is 16.4. The average molecular weight is 565 g/mol. The fraction of sp³-hybridized carbons (Fsp3) is 0.235. The summed E-state index contributed by atoms with van der Waals surface area (Å²) in [5.41, 5.74) is 11.3. The van der Waals surface area contributed by atoms with Crippen molar-refractivity contribution in [2.45, 2.75) is 53.4 Å². The molecule has 5 heterocycles. The van der Waals surface area contributed by atoms with Crippen LogP contribution in [0.5, 0.6) is 0 Å². The molecule has 0 spiro atoms. The first-order valence-corrected chi connectivity index (χ1v) is 14.0. The summed E-state index contributed by atoms with van der Waals surface area (Å²) in [6, 6.07) is 0. The molecule has 1 aliphatic heterocycles. The van der Waals surface area contributed by atoms with E-state index >= 15 is 0 Å². The molecule has 6 N–H and O–H groups in total. The highest BCUT2D eigenvalue weighted by Crippen LogP contribution is 2.23. The number of aromatic amines is 4. The van der Waals surface area contributed by atoms with Gasteiger partial charge in [-0.15, -0.1) is 0 Å². The fourth-order valence-corrected chi connectivity index (χ4v) is 5.93. The number of carboxylic acid groups (broad SMARTS) is 2. The number of H-pyrrole nitrogens is 4. The van der Waals surface area contributed by atoms with E-state index in [2.05, 4.69) is 59.1 Å². The van der Waals surface area contributed by atoms with E-state index in [9.17, 15) is 19.8 Å². The molecule has 8 heteroatoms. The number of carboxylic acids is 2. The maximum Gasteiger partial charge on any atom is 0.303 e. The van der Waals surface area contributed by atoms with Gasteiger partial charge in [-0.05, 0) is 98.2 Å². The van der Waals surface area contributed by atoms with Crippen molar-refractivity contribution in [1.82, 2.24) is 19.9 Å². The maximum atomic E-state index is 11.5. The monoisotopic (exact) mass is 564 g/mol. The van der Waals surface area contributed by atoms with E-state index in [0.717, 1.165) is 88.7 Å². The highest BCUT2D eigenvalue weighted by molar-refractivity contribution is 5.72. The SMILES string of the molecule is C=Cc1c2[nH]c(c1C)C=c1[nH]c(c(CCC(=O)O)c1C)=Cc1[nH]c(c(C)c1CCC(=O)O)C=c1[nH]/c(c(C)c1C=C)=C\2. The van der Waals surface area contributed by atoms with E-state index in [1.165, 1.54) is 0 Å². The number of aromatic nitrogens is 4. The zero-order valence-electron chi connectivity index (χ0n) is 24.4. The van der Waals surface area contributed by atoms with Crippen LogP contribution in [0.15, 0.2) is 13.2 Å². The third kappa shape index (κ3) is 5.11. The molecule has 42 heavy (non-hydrogen) atoms. The molecule has 0 saturated heterocycles. The van der Waals surface area contributed by atoms with Crippen LogP contribution in [-0.2, 0) is 22.4 Å². The van der Waals surface area contributed by atoms with Gasteiger partial charge in [-0.1, -0.05) is 25.3 Å². The molecule has 0 radical (unpaired) electrons. The molecule has 216 valence electrons. The van der Waals surface area contributed by atoms with Gasteiger partial charge in [0, 0.05) is 68.1 Å². The summed E-state index contributed by atoms with van der Waals surface area (Å²) in [6.07, 6.45) is 12.5. The predicted octanol–water partition coefficient (Wildman–Crippen LogP) is 3.18. The van der Waals surface area contributed by atoms with E-state index in [-0.39, 0.29) is 12.8 Å². The van der Waals surface area contributed by atoms with Crippen molar-refractivity contribution in [2.24, 2.45) is 0 Å². The van der Waals surface area contributed by atoms with Gasteiger partial charge in [-0.2, -0.15) is 0 Å². The van der Waals surface area contributed by atoms with E-state index in [1.807, 2.05) is 38.2 Å². The second-order valence-electron chi connectivity index (χ2n) is 10.9. The first-order valence-electron chi connectivity index (χ1n) is 14.0. The molecule has 0 saturated carbocycles. The van der Waals surface area contributed by atoms with Gasteiger partial charge in [-0.3, -0.25) is 9.59 Å². The van der Waals surface area contributed by atoms with Gasteiger partial charge < -0.3 is 30.1 Å². The molecule has 0 unspecified atom stereocenters. The fourth-order valence-electron chi connectivity index (χ4n) is 5.93. The van der Waals surface area contributed by atoms with Crippen LogP contribution in [0.1, 0.15) is 80.1 Å². The molecule has 0 amide bonds. The van der Waals surface area contributed by atoms with Crippen LogP contribution < -0.4 is 21.4 Å². The Hall–Kier alpha value is -4.98. The number of hydrogen-bond acceptors (Lipinski definition) is 2. The normalized spacial score (nSPS) is 12.9. The lowest BCUT2D eigenvalue weighted by Gasteiger charge is -2.01. The van der Waals surface area contributed by atoms with Crippen molar-refractivity contribution in [3.05, 3.63) is 102 Å². The molecule has 0 atom stereocenters. The van der Waals surface area contributed by atoms with Crippen LogP contribution in [0.25, 0.3) is 36.5 Å². The summed E-state index contributed by atoms with van der Waals surface area (Å²) >= 11 is 0. The summed E-state index contributed by atoms with van der Waals surface area (Å²) in [5, 5.41) is 22.4. The largest absolute Gasteiger partial charge is 0.481 e. The Morgan fingerprint density at radius 1 is 0.595 bits per heavy atom. The predicted molar refractivity (Wildman–Crippen MR) is 167 cm³/mol. The average Bonchev–Trinajstić information content (AvgIpc) is 3.59. The number of rotatable bonds is 8. The number of carbonyl (C=O) groups is 2. The van der Waals surface area contributed by atoms with Gasteiger partial charge >= 0.3 is 11.9 Å². The molecular formula is C34H36N4O4. The minimum absolute atomic E-state index is 0.00645. The lowest BCUT2D eigenvalue weighted by atomic mass is 10.0. The van der Waals surface area contributed by atoms with Gasteiger partial charge in [0.15, 0.2) is 0 Å². The van der Waals surface area contributed by atoms with Crippen molar-refractivity contribution in [1.29, 1.82) is 0 Å². The Morgan fingerprint density at radius 3 is 1.74 bits per heavy atom. The molecule has 1 aliphatic rings. The van der Waals surface area contributed by atoms with Crippen LogP contribution in [0.4, 0.5) is 0 Å². The summed E-state index contributed by atoms with van der Waals surface area (Å²) in [5.74, 6) is -1.73. The van der Waals surface area contributed by atoms with Crippen molar-refractivity contribution in [3.8, 4) is 0 Å². The minimum atomic E-state index is -0.867. The van der Waals surface area contributed by atoms with Crippen LogP contribution in [0.3, 0.4) is 0 Å². The number of fused-ring (bicyclic) bond motifs is 8. The molecule has 4 aromatic heterocycles. The Balaban J connectivity index is 1.92.